The van der Waals surface area contributed by atoms with Gasteiger partial charge in [-0.1, -0.05) is 6.42 Å². The van der Waals surface area contributed by atoms with E-state index < -0.39 is 0 Å². The van der Waals surface area contributed by atoms with Crippen LogP contribution in [0, 0.1) is 0 Å². The number of rotatable bonds is 2. The summed E-state index contributed by atoms with van der Waals surface area (Å²) in [4.78, 5) is 11.6. The lowest BCUT2D eigenvalue weighted by molar-refractivity contribution is 0.0928. The molecule has 22 heavy (non-hydrogen) atoms. The van der Waals surface area contributed by atoms with Crippen LogP contribution in [0.2, 0.25) is 0 Å². The van der Waals surface area contributed by atoms with Crippen molar-refractivity contribution >= 4 is 26.9 Å². The molecular weight excluding hydrogens is 346 g/mol. The standard InChI is InChI=1S/C17H18BrNO3/c18-15-6-10-4-5-13(9-16(10)22-17(15)20)21-14-7-11-2-1-3-12(8-14)19-11/h4-6,9,11-12,14,19H,1-3,7-8H2. The molecule has 2 aliphatic rings. The van der Waals surface area contributed by atoms with Crippen molar-refractivity contribution in [3.63, 3.8) is 0 Å². The van der Waals surface area contributed by atoms with Gasteiger partial charge in [-0.25, -0.2) is 4.79 Å². The van der Waals surface area contributed by atoms with E-state index in [1.807, 2.05) is 18.2 Å². The molecule has 1 aromatic carbocycles. The summed E-state index contributed by atoms with van der Waals surface area (Å²) in [7, 11) is 0. The Hall–Kier alpha value is -1.33. The largest absolute Gasteiger partial charge is 0.490 e. The number of fused-ring (bicyclic) bond motifs is 3. The van der Waals surface area contributed by atoms with Crippen LogP contribution in [0.15, 0.2) is 37.9 Å². The lowest BCUT2D eigenvalue weighted by Crippen LogP contribution is -2.51. The Morgan fingerprint density at radius 3 is 2.73 bits per heavy atom. The Kier molecular flexibility index (Phi) is 3.70. The molecule has 0 spiro atoms. The summed E-state index contributed by atoms with van der Waals surface area (Å²) in [5.74, 6) is 0.781. The molecule has 0 amide bonds. The van der Waals surface area contributed by atoms with Gasteiger partial charge in [0.2, 0.25) is 0 Å². The Balaban J connectivity index is 1.56. The van der Waals surface area contributed by atoms with Crippen LogP contribution in [0.5, 0.6) is 5.75 Å². The molecule has 2 atom stereocenters. The van der Waals surface area contributed by atoms with Crippen molar-refractivity contribution in [1.29, 1.82) is 0 Å². The van der Waals surface area contributed by atoms with Crippen LogP contribution in [-0.4, -0.2) is 18.2 Å². The zero-order chi connectivity index (χ0) is 15.1. The molecule has 4 rings (SSSR count). The Bertz CT molecular complexity index is 745. The van der Waals surface area contributed by atoms with Crippen molar-refractivity contribution < 1.29 is 9.15 Å². The minimum Gasteiger partial charge on any atom is -0.490 e. The second-order valence-electron chi connectivity index (χ2n) is 6.28. The third-order valence-electron chi connectivity index (χ3n) is 4.64. The van der Waals surface area contributed by atoms with Crippen molar-refractivity contribution in [2.75, 3.05) is 0 Å². The number of hydrogen-bond donors (Lipinski definition) is 1. The predicted molar refractivity (Wildman–Crippen MR) is 88.4 cm³/mol. The Morgan fingerprint density at radius 1 is 1.18 bits per heavy atom. The summed E-state index contributed by atoms with van der Waals surface area (Å²) in [6.07, 6.45) is 6.17. The average molecular weight is 364 g/mol. The first-order valence-corrected chi connectivity index (χ1v) is 8.63. The highest BCUT2D eigenvalue weighted by molar-refractivity contribution is 9.10. The summed E-state index contributed by atoms with van der Waals surface area (Å²) in [6.45, 7) is 0. The fourth-order valence-corrected chi connectivity index (χ4v) is 3.97. The molecule has 1 N–H and O–H groups in total. The van der Waals surface area contributed by atoms with Gasteiger partial charge < -0.3 is 14.5 Å². The molecule has 1 aromatic heterocycles. The van der Waals surface area contributed by atoms with Crippen molar-refractivity contribution in [1.82, 2.24) is 5.32 Å². The van der Waals surface area contributed by atoms with E-state index in [1.165, 1.54) is 19.3 Å². The minimum atomic E-state index is -0.360. The highest BCUT2D eigenvalue weighted by Crippen LogP contribution is 2.30. The first kappa shape index (κ1) is 14.3. The average Bonchev–Trinajstić information content (AvgIpc) is 2.48. The first-order chi connectivity index (χ1) is 10.7. The maximum Gasteiger partial charge on any atom is 0.350 e. The molecule has 3 heterocycles. The summed E-state index contributed by atoms with van der Waals surface area (Å²) in [5, 5.41) is 4.56. The number of hydrogen-bond acceptors (Lipinski definition) is 4. The van der Waals surface area contributed by atoms with Gasteiger partial charge in [0.15, 0.2) is 0 Å². The zero-order valence-electron chi connectivity index (χ0n) is 12.2. The molecule has 0 aliphatic carbocycles. The highest BCUT2D eigenvalue weighted by Gasteiger charge is 2.32. The summed E-state index contributed by atoms with van der Waals surface area (Å²) in [5.41, 5.74) is 0.209. The molecular formula is C17H18BrNO3. The molecule has 2 saturated heterocycles. The molecule has 116 valence electrons. The molecule has 2 bridgehead atoms. The van der Waals surface area contributed by atoms with E-state index in [-0.39, 0.29) is 11.7 Å². The maximum absolute atomic E-state index is 11.6. The number of ether oxygens (including phenoxy) is 1. The van der Waals surface area contributed by atoms with Gasteiger partial charge in [0.05, 0.1) is 0 Å². The van der Waals surface area contributed by atoms with Gasteiger partial charge in [-0.05, 0) is 59.8 Å². The normalized spacial score (nSPS) is 27.8. The van der Waals surface area contributed by atoms with Crippen LogP contribution in [0.4, 0.5) is 0 Å². The lowest BCUT2D eigenvalue weighted by Gasteiger charge is -2.40. The van der Waals surface area contributed by atoms with Gasteiger partial charge >= 0.3 is 5.63 Å². The second-order valence-corrected chi connectivity index (χ2v) is 7.14. The van der Waals surface area contributed by atoms with Crippen LogP contribution in [0.1, 0.15) is 32.1 Å². The molecule has 2 aromatic rings. The summed E-state index contributed by atoms with van der Waals surface area (Å²) < 4.78 is 11.9. The lowest BCUT2D eigenvalue weighted by atomic mass is 9.85. The van der Waals surface area contributed by atoms with Crippen molar-refractivity contribution in [3.8, 4) is 5.75 Å². The van der Waals surface area contributed by atoms with Crippen LogP contribution < -0.4 is 15.7 Å². The summed E-state index contributed by atoms with van der Waals surface area (Å²) in [6, 6.07) is 8.66. The van der Waals surface area contributed by atoms with E-state index in [4.69, 9.17) is 9.15 Å². The van der Waals surface area contributed by atoms with Crippen LogP contribution in [0.25, 0.3) is 11.0 Å². The monoisotopic (exact) mass is 363 g/mol. The van der Waals surface area contributed by atoms with Crippen LogP contribution in [0.3, 0.4) is 0 Å². The van der Waals surface area contributed by atoms with Gasteiger partial charge in [-0.15, -0.1) is 0 Å². The molecule has 2 aliphatic heterocycles. The molecule has 2 unspecified atom stereocenters. The topological polar surface area (TPSA) is 51.5 Å². The van der Waals surface area contributed by atoms with Crippen molar-refractivity contribution in [2.45, 2.75) is 50.3 Å². The van der Waals surface area contributed by atoms with Gasteiger partial charge in [-0.3, -0.25) is 0 Å². The minimum absolute atomic E-state index is 0.246. The van der Waals surface area contributed by atoms with E-state index in [0.717, 1.165) is 24.0 Å². The van der Waals surface area contributed by atoms with E-state index in [0.29, 0.717) is 22.1 Å². The van der Waals surface area contributed by atoms with Gasteiger partial charge in [-0.2, -0.15) is 0 Å². The molecule has 0 radical (unpaired) electrons. The zero-order valence-corrected chi connectivity index (χ0v) is 13.8. The van der Waals surface area contributed by atoms with E-state index in [9.17, 15) is 4.79 Å². The molecule has 5 heteroatoms. The number of nitrogens with one attached hydrogen (secondary N) is 1. The fraction of sp³-hybridized carbons (Fsp3) is 0.471. The van der Waals surface area contributed by atoms with Crippen molar-refractivity contribution in [2.24, 2.45) is 0 Å². The predicted octanol–water partition coefficient (Wildman–Crippen LogP) is 3.61. The van der Waals surface area contributed by atoms with Crippen LogP contribution in [-0.2, 0) is 0 Å². The van der Waals surface area contributed by atoms with E-state index >= 15 is 0 Å². The molecule has 0 saturated carbocycles. The SMILES string of the molecule is O=c1oc2cc(OC3CC4CCCC(C3)N4)ccc2cc1Br. The van der Waals surface area contributed by atoms with Crippen molar-refractivity contribution in [3.05, 3.63) is 39.2 Å². The third-order valence-corrected chi connectivity index (χ3v) is 5.19. The van der Waals surface area contributed by atoms with Crippen LogP contribution >= 0.6 is 15.9 Å². The fourth-order valence-electron chi connectivity index (χ4n) is 3.64. The van der Waals surface area contributed by atoms with E-state index in [2.05, 4.69) is 21.2 Å². The first-order valence-electron chi connectivity index (χ1n) is 7.83. The smallest absolute Gasteiger partial charge is 0.350 e. The van der Waals surface area contributed by atoms with Gasteiger partial charge in [0.25, 0.3) is 0 Å². The number of halogens is 1. The maximum atomic E-state index is 11.6. The number of benzene rings is 1. The quantitative estimate of drug-likeness (QED) is 0.828. The van der Waals surface area contributed by atoms with E-state index in [1.54, 1.807) is 6.07 Å². The second kappa shape index (κ2) is 5.70. The number of piperidine rings is 2. The third kappa shape index (κ3) is 2.79. The Labute approximate surface area is 137 Å². The highest BCUT2D eigenvalue weighted by atomic mass is 79.9. The van der Waals surface area contributed by atoms with Gasteiger partial charge in [0.1, 0.15) is 21.9 Å². The molecule has 2 fully saturated rings. The molecule has 4 nitrogen and oxygen atoms in total. The summed E-state index contributed by atoms with van der Waals surface area (Å²) >= 11 is 3.20. The Morgan fingerprint density at radius 2 is 1.95 bits per heavy atom. The van der Waals surface area contributed by atoms with Gasteiger partial charge in [0, 0.05) is 23.5 Å².